The van der Waals surface area contributed by atoms with Crippen molar-refractivity contribution in [3.8, 4) is 5.75 Å². The maximum Gasteiger partial charge on any atom is 0.167 e. The van der Waals surface area contributed by atoms with Gasteiger partial charge in [0.1, 0.15) is 0 Å². The molecular weight excluding hydrogens is 265 g/mol. The van der Waals surface area contributed by atoms with E-state index >= 15 is 0 Å². The van der Waals surface area contributed by atoms with Gasteiger partial charge in [-0.15, -0.1) is 10.2 Å². The van der Waals surface area contributed by atoms with Crippen molar-refractivity contribution in [3.63, 3.8) is 0 Å². The Morgan fingerprint density at radius 3 is 2.79 bits per heavy atom. The predicted molar refractivity (Wildman–Crippen MR) is 71.9 cm³/mol. The smallest absolute Gasteiger partial charge is 0.167 e. The average Bonchev–Trinajstić information content (AvgIpc) is 2.83. The predicted octanol–water partition coefficient (Wildman–Crippen LogP) is 4.56. The van der Waals surface area contributed by atoms with E-state index in [0.29, 0.717) is 10.7 Å². The van der Waals surface area contributed by atoms with E-state index in [4.69, 9.17) is 5.11 Å². The first-order chi connectivity index (χ1) is 9.24. The van der Waals surface area contributed by atoms with Crippen LogP contribution in [0.15, 0.2) is 52.7 Å². The summed E-state index contributed by atoms with van der Waals surface area (Å²) >= 11 is 1.24. The van der Waals surface area contributed by atoms with Gasteiger partial charge in [0, 0.05) is 11.5 Å². The van der Waals surface area contributed by atoms with Crippen molar-refractivity contribution in [3.05, 3.63) is 48.3 Å². The fourth-order valence-electron chi connectivity index (χ4n) is 1.61. The minimum absolute atomic E-state index is 0.341. The summed E-state index contributed by atoms with van der Waals surface area (Å²) in [6.07, 6.45) is 0. The Bertz CT molecular complexity index is 769. The molecule has 6 heteroatoms. The van der Waals surface area contributed by atoms with Gasteiger partial charge in [-0.1, -0.05) is 12.1 Å². The lowest BCUT2D eigenvalue weighted by molar-refractivity contribution is 0.432. The molecule has 0 spiro atoms. The summed E-state index contributed by atoms with van der Waals surface area (Å²) in [6, 6.07) is 11.5. The van der Waals surface area contributed by atoms with E-state index < -0.39 is 11.6 Å². The van der Waals surface area contributed by atoms with Crippen LogP contribution in [0.5, 0.6) is 5.75 Å². The molecule has 0 fully saturated rings. The minimum atomic E-state index is -0.717. The van der Waals surface area contributed by atoms with Gasteiger partial charge in [0.25, 0.3) is 0 Å². The van der Waals surface area contributed by atoms with E-state index in [2.05, 4.69) is 14.6 Å². The summed E-state index contributed by atoms with van der Waals surface area (Å²) < 4.78 is 17.4. The summed E-state index contributed by atoms with van der Waals surface area (Å²) in [5.41, 5.74) is 1.20. The number of aromatic nitrogens is 1. The number of hydrogen-bond donors (Lipinski definition) is 1. The molecule has 4 nitrogen and oxygen atoms in total. The fourth-order valence-corrected chi connectivity index (χ4v) is 2.30. The lowest BCUT2D eigenvalue weighted by Crippen LogP contribution is -1.73. The average molecular weight is 273 g/mol. The van der Waals surface area contributed by atoms with Crippen molar-refractivity contribution in [2.75, 3.05) is 0 Å². The van der Waals surface area contributed by atoms with Crippen LogP contribution < -0.4 is 0 Å². The van der Waals surface area contributed by atoms with Crippen molar-refractivity contribution >= 4 is 33.1 Å². The van der Waals surface area contributed by atoms with Gasteiger partial charge in [-0.05, 0) is 35.8 Å². The molecule has 0 unspecified atom stereocenters. The third-order valence-electron chi connectivity index (χ3n) is 2.55. The Balaban J connectivity index is 1.96. The number of benzene rings is 2. The molecule has 3 rings (SSSR count). The number of halogens is 1. The number of aromatic hydroxyl groups is 1. The highest BCUT2D eigenvalue weighted by molar-refractivity contribution is 7.11. The van der Waals surface area contributed by atoms with Gasteiger partial charge in [0.05, 0.1) is 11.2 Å². The van der Waals surface area contributed by atoms with Gasteiger partial charge >= 0.3 is 0 Å². The Labute approximate surface area is 112 Å². The standard InChI is InChI=1S/C13H8FN3OS/c14-10-7-8(5-6-12(10)18)15-16-13-9-3-1-2-4-11(9)17-19-13/h1-7,18H. The quantitative estimate of drug-likeness (QED) is 0.696. The Morgan fingerprint density at radius 2 is 1.95 bits per heavy atom. The number of rotatable bonds is 2. The molecule has 0 atom stereocenters. The molecule has 19 heavy (non-hydrogen) atoms. The van der Waals surface area contributed by atoms with Crippen molar-refractivity contribution in [1.82, 2.24) is 4.37 Å². The van der Waals surface area contributed by atoms with Crippen LogP contribution in [0.3, 0.4) is 0 Å². The Kier molecular flexibility index (Phi) is 2.92. The zero-order valence-corrected chi connectivity index (χ0v) is 10.4. The maximum atomic E-state index is 13.1. The minimum Gasteiger partial charge on any atom is -0.505 e. The summed E-state index contributed by atoms with van der Waals surface area (Å²) in [7, 11) is 0. The summed E-state index contributed by atoms with van der Waals surface area (Å²) in [5, 5.41) is 18.7. The molecule has 0 aliphatic heterocycles. The molecule has 94 valence electrons. The second-order valence-electron chi connectivity index (χ2n) is 3.84. The van der Waals surface area contributed by atoms with E-state index in [-0.39, 0.29) is 0 Å². The van der Waals surface area contributed by atoms with E-state index in [1.165, 1.54) is 23.7 Å². The molecule has 0 saturated carbocycles. The zero-order chi connectivity index (χ0) is 13.2. The molecule has 0 aliphatic carbocycles. The lowest BCUT2D eigenvalue weighted by Gasteiger charge is -1.95. The van der Waals surface area contributed by atoms with Gasteiger partial charge in [-0.25, -0.2) is 4.39 Å². The van der Waals surface area contributed by atoms with Crippen molar-refractivity contribution in [2.45, 2.75) is 0 Å². The molecular formula is C13H8FN3OS. The van der Waals surface area contributed by atoms with Crippen LogP contribution in [0.1, 0.15) is 0 Å². The number of phenols is 1. The molecule has 0 radical (unpaired) electrons. The maximum absolute atomic E-state index is 13.1. The molecule has 0 bridgehead atoms. The summed E-state index contributed by atoms with van der Waals surface area (Å²) in [4.78, 5) is 0. The zero-order valence-electron chi connectivity index (χ0n) is 9.62. The van der Waals surface area contributed by atoms with Gasteiger partial charge in [-0.2, -0.15) is 4.37 Å². The van der Waals surface area contributed by atoms with Crippen molar-refractivity contribution < 1.29 is 9.50 Å². The van der Waals surface area contributed by atoms with Crippen molar-refractivity contribution in [1.29, 1.82) is 0 Å². The highest BCUT2D eigenvalue weighted by Gasteiger charge is 2.04. The van der Waals surface area contributed by atoms with E-state index in [1.807, 2.05) is 24.3 Å². The molecule has 3 aromatic rings. The van der Waals surface area contributed by atoms with Gasteiger partial charge in [0.15, 0.2) is 16.6 Å². The Morgan fingerprint density at radius 1 is 1.11 bits per heavy atom. The summed E-state index contributed by atoms with van der Waals surface area (Å²) in [5.74, 6) is -1.12. The van der Waals surface area contributed by atoms with Crippen LogP contribution in [0, 0.1) is 5.82 Å². The van der Waals surface area contributed by atoms with Crippen molar-refractivity contribution in [2.24, 2.45) is 10.2 Å². The topological polar surface area (TPSA) is 57.8 Å². The summed E-state index contributed by atoms with van der Waals surface area (Å²) in [6.45, 7) is 0. The molecule has 0 aliphatic rings. The number of nitrogens with zero attached hydrogens (tertiary/aromatic N) is 3. The third-order valence-corrected chi connectivity index (χ3v) is 3.31. The lowest BCUT2D eigenvalue weighted by atomic mass is 10.2. The fraction of sp³-hybridized carbons (Fsp3) is 0. The SMILES string of the molecule is Oc1ccc(N=Nc2snc3ccccc23)cc1F. The van der Waals surface area contributed by atoms with E-state index in [9.17, 15) is 4.39 Å². The molecule has 1 heterocycles. The monoisotopic (exact) mass is 273 g/mol. The van der Waals surface area contributed by atoms with Crippen LogP contribution in [0.25, 0.3) is 10.9 Å². The molecule has 0 amide bonds. The third kappa shape index (κ3) is 2.30. The number of phenolic OH excluding ortho intramolecular Hbond substituents is 1. The highest BCUT2D eigenvalue weighted by Crippen LogP contribution is 2.32. The first kappa shape index (κ1) is 11.7. The normalized spacial score (nSPS) is 11.4. The van der Waals surface area contributed by atoms with E-state index in [0.717, 1.165) is 17.0 Å². The van der Waals surface area contributed by atoms with E-state index in [1.54, 1.807) is 0 Å². The number of azo groups is 1. The Hall–Kier alpha value is -2.34. The van der Waals surface area contributed by atoms with Crippen LogP contribution in [-0.2, 0) is 0 Å². The van der Waals surface area contributed by atoms with Crippen LogP contribution >= 0.6 is 11.5 Å². The molecule has 2 aromatic carbocycles. The second-order valence-corrected chi connectivity index (χ2v) is 4.59. The van der Waals surface area contributed by atoms with Gasteiger partial charge in [0.2, 0.25) is 0 Å². The first-order valence-corrected chi connectivity index (χ1v) is 6.26. The first-order valence-electron chi connectivity index (χ1n) is 5.49. The molecule has 1 N–H and O–H groups in total. The number of fused-ring (bicyclic) bond motifs is 1. The van der Waals surface area contributed by atoms with Gasteiger partial charge < -0.3 is 5.11 Å². The van der Waals surface area contributed by atoms with Gasteiger partial charge in [-0.3, -0.25) is 0 Å². The van der Waals surface area contributed by atoms with Crippen LogP contribution in [0.4, 0.5) is 15.1 Å². The largest absolute Gasteiger partial charge is 0.505 e. The second kappa shape index (κ2) is 4.74. The highest BCUT2D eigenvalue weighted by atomic mass is 32.1. The number of hydrogen-bond acceptors (Lipinski definition) is 5. The van der Waals surface area contributed by atoms with Crippen LogP contribution in [0.2, 0.25) is 0 Å². The molecule has 0 saturated heterocycles. The molecule has 1 aromatic heterocycles. The van der Waals surface area contributed by atoms with Crippen LogP contribution in [-0.4, -0.2) is 9.48 Å².